The molecule has 0 saturated heterocycles. The summed E-state index contributed by atoms with van der Waals surface area (Å²) in [5.74, 6) is -0.172. The molecule has 166 valence electrons. The number of hydrogen-bond acceptors (Lipinski definition) is 5. The van der Waals surface area contributed by atoms with E-state index < -0.39 is 15.8 Å². The molecule has 0 aromatic heterocycles. The van der Waals surface area contributed by atoms with Gasteiger partial charge in [0.1, 0.15) is 5.04 Å². The minimum absolute atomic E-state index is 0.00371. The first-order chi connectivity index (χ1) is 13.9. The van der Waals surface area contributed by atoms with Crippen molar-refractivity contribution in [3.63, 3.8) is 0 Å². The van der Waals surface area contributed by atoms with Crippen molar-refractivity contribution in [1.82, 2.24) is 5.32 Å². The maximum atomic E-state index is 12.8. The summed E-state index contributed by atoms with van der Waals surface area (Å²) in [4.78, 5) is 12.8. The standard InChI is InChI=1S/C22H34N4O3S/c1-13(2)17-9-16-11-29-12-19(16)22(14(3)4)18(17)10-21(27)26-30(24,28)20(23)7-8-25-15(5)6/h7-9,13-15,23,25H,10-12H2,1-6H3,(H2,24,26,27,28)/b8-7-,23-20?. The normalized spacial score (nSPS) is 15.7. The topological polar surface area (TPSA) is 118 Å². The number of hydrogen-bond donors (Lipinski definition) is 3. The smallest absolute Gasteiger partial charge is 0.259 e. The number of carbonyl (C=O) groups is 1. The van der Waals surface area contributed by atoms with Crippen LogP contribution in [-0.2, 0) is 39.1 Å². The Hall–Kier alpha value is -2.03. The Morgan fingerprint density at radius 1 is 1.27 bits per heavy atom. The molecule has 1 aromatic carbocycles. The number of ether oxygens (including phenoxy) is 1. The van der Waals surface area contributed by atoms with Crippen LogP contribution in [0, 0.1) is 5.41 Å². The van der Waals surface area contributed by atoms with Crippen LogP contribution in [0.2, 0.25) is 0 Å². The summed E-state index contributed by atoms with van der Waals surface area (Å²) in [5, 5.41) is 16.2. The Balaban J connectivity index is 2.41. The predicted molar refractivity (Wildman–Crippen MR) is 122 cm³/mol. The van der Waals surface area contributed by atoms with Gasteiger partial charge in [0, 0.05) is 6.04 Å². The Bertz CT molecular complexity index is 971. The van der Waals surface area contributed by atoms with Gasteiger partial charge >= 0.3 is 0 Å². The number of nitrogens with two attached hydrogens (primary N) is 1. The fourth-order valence-electron chi connectivity index (χ4n) is 3.64. The van der Waals surface area contributed by atoms with E-state index in [1.807, 2.05) is 13.8 Å². The SMILES string of the molecule is CC(C)N/C=C\C(=N)S(N)(=O)=NC(=O)Cc1c(C(C)C)cc2c(c1C(C)C)COC2. The van der Waals surface area contributed by atoms with E-state index in [1.54, 1.807) is 0 Å². The van der Waals surface area contributed by atoms with Gasteiger partial charge in [0.25, 0.3) is 5.91 Å². The van der Waals surface area contributed by atoms with Crippen LogP contribution in [0.3, 0.4) is 0 Å². The summed E-state index contributed by atoms with van der Waals surface area (Å²) in [6.45, 7) is 13.3. The number of nitrogens with zero attached hydrogens (tertiary/aromatic N) is 1. The summed E-state index contributed by atoms with van der Waals surface area (Å²) in [6, 6.07) is 2.28. The lowest BCUT2D eigenvalue weighted by atomic mass is 9.82. The summed E-state index contributed by atoms with van der Waals surface area (Å²) < 4.78 is 22.0. The van der Waals surface area contributed by atoms with Crippen molar-refractivity contribution in [1.29, 1.82) is 5.41 Å². The molecule has 30 heavy (non-hydrogen) atoms. The second-order valence-electron chi connectivity index (χ2n) is 8.55. The second-order valence-corrected chi connectivity index (χ2v) is 10.3. The van der Waals surface area contributed by atoms with Gasteiger partial charge in [-0.25, -0.2) is 9.35 Å². The molecular weight excluding hydrogens is 400 g/mol. The van der Waals surface area contributed by atoms with Gasteiger partial charge in [-0.3, -0.25) is 10.2 Å². The van der Waals surface area contributed by atoms with Crippen LogP contribution >= 0.6 is 0 Å². The van der Waals surface area contributed by atoms with Crippen LogP contribution in [0.5, 0.6) is 0 Å². The number of amides is 1. The van der Waals surface area contributed by atoms with Gasteiger partial charge in [-0.2, -0.15) is 0 Å². The van der Waals surface area contributed by atoms with Crippen LogP contribution in [0.25, 0.3) is 0 Å². The summed E-state index contributed by atoms with van der Waals surface area (Å²) >= 11 is 0. The van der Waals surface area contributed by atoms with E-state index in [2.05, 4.69) is 43.4 Å². The van der Waals surface area contributed by atoms with E-state index >= 15 is 0 Å². The third-order valence-electron chi connectivity index (χ3n) is 4.96. The fraction of sp³-hybridized carbons (Fsp3) is 0.545. The molecule has 1 aliphatic heterocycles. The van der Waals surface area contributed by atoms with E-state index in [4.69, 9.17) is 15.3 Å². The van der Waals surface area contributed by atoms with Crippen molar-refractivity contribution in [2.75, 3.05) is 0 Å². The zero-order chi connectivity index (χ0) is 22.6. The summed E-state index contributed by atoms with van der Waals surface area (Å²) in [7, 11) is -3.60. The molecule has 7 nitrogen and oxygen atoms in total. The first-order valence-electron chi connectivity index (χ1n) is 10.3. The van der Waals surface area contributed by atoms with E-state index in [0.717, 1.165) is 22.3 Å². The number of benzene rings is 1. The average molecular weight is 435 g/mol. The van der Waals surface area contributed by atoms with Gasteiger partial charge in [0.2, 0.25) is 0 Å². The van der Waals surface area contributed by atoms with Crippen LogP contribution in [0.1, 0.15) is 81.2 Å². The molecule has 0 spiro atoms. The Kier molecular flexibility index (Phi) is 7.96. The lowest BCUT2D eigenvalue weighted by Crippen LogP contribution is -2.24. The van der Waals surface area contributed by atoms with Crippen molar-refractivity contribution in [2.45, 2.75) is 79.1 Å². The summed E-state index contributed by atoms with van der Waals surface area (Å²) in [6.07, 6.45) is 2.78. The van der Waals surface area contributed by atoms with Gasteiger partial charge in [-0.15, -0.1) is 4.36 Å². The minimum atomic E-state index is -3.60. The highest BCUT2D eigenvalue weighted by atomic mass is 32.2. The molecule has 2 rings (SSSR count). The van der Waals surface area contributed by atoms with Crippen LogP contribution < -0.4 is 10.5 Å². The van der Waals surface area contributed by atoms with Crippen molar-refractivity contribution < 1.29 is 13.7 Å². The lowest BCUT2D eigenvalue weighted by molar-refractivity contribution is -0.117. The molecule has 1 heterocycles. The monoisotopic (exact) mass is 434 g/mol. The molecule has 1 unspecified atom stereocenters. The van der Waals surface area contributed by atoms with Crippen molar-refractivity contribution in [3.8, 4) is 0 Å². The highest BCUT2D eigenvalue weighted by molar-refractivity contribution is 8.06. The first-order valence-corrected chi connectivity index (χ1v) is 11.9. The quantitative estimate of drug-likeness (QED) is 0.446. The van der Waals surface area contributed by atoms with E-state index in [9.17, 15) is 9.00 Å². The van der Waals surface area contributed by atoms with Crippen LogP contribution in [-0.4, -0.2) is 21.2 Å². The zero-order valence-electron chi connectivity index (χ0n) is 18.7. The summed E-state index contributed by atoms with van der Waals surface area (Å²) in [5.41, 5.74) is 5.41. The average Bonchev–Trinajstić information content (AvgIpc) is 3.07. The van der Waals surface area contributed by atoms with Crippen molar-refractivity contribution in [3.05, 3.63) is 46.2 Å². The van der Waals surface area contributed by atoms with Crippen molar-refractivity contribution >= 4 is 20.9 Å². The number of carbonyl (C=O) groups excluding carboxylic acids is 1. The van der Waals surface area contributed by atoms with Gasteiger partial charge in [0.15, 0.2) is 9.92 Å². The van der Waals surface area contributed by atoms with Crippen molar-refractivity contribution in [2.24, 2.45) is 9.50 Å². The van der Waals surface area contributed by atoms with Gasteiger partial charge in [-0.05, 0) is 65.8 Å². The number of fused-ring (bicyclic) bond motifs is 1. The molecule has 0 aliphatic carbocycles. The molecule has 8 heteroatoms. The van der Waals surface area contributed by atoms with Crippen LogP contribution in [0.4, 0.5) is 0 Å². The molecule has 4 N–H and O–H groups in total. The van der Waals surface area contributed by atoms with Gasteiger partial charge < -0.3 is 10.1 Å². The first kappa shape index (κ1) is 24.2. The van der Waals surface area contributed by atoms with E-state index in [0.29, 0.717) is 13.2 Å². The molecule has 0 bridgehead atoms. The molecule has 1 aliphatic rings. The largest absolute Gasteiger partial charge is 0.389 e. The highest BCUT2D eigenvalue weighted by Gasteiger charge is 2.26. The number of rotatable bonds is 7. The maximum Gasteiger partial charge on any atom is 0.259 e. The number of nitrogens with one attached hydrogen (secondary N) is 2. The fourth-order valence-corrected chi connectivity index (χ4v) is 4.37. The van der Waals surface area contributed by atoms with Gasteiger partial charge in [0.05, 0.1) is 19.6 Å². The third kappa shape index (κ3) is 5.77. The molecule has 1 amide bonds. The Morgan fingerprint density at radius 3 is 2.50 bits per heavy atom. The molecular formula is C22H34N4O3S. The van der Waals surface area contributed by atoms with E-state index in [-0.39, 0.29) is 29.3 Å². The third-order valence-corrected chi connectivity index (χ3v) is 6.21. The predicted octanol–water partition coefficient (Wildman–Crippen LogP) is 3.86. The molecule has 1 atom stereocenters. The lowest BCUT2D eigenvalue weighted by Gasteiger charge is -2.22. The zero-order valence-corrected chi connectivity index (χ0v) is 19.6. The van der Waals surface area contributed by atoms with E-state index in [1.165, 1.54) is 17.8 Å². The highest BCUT2D eigenvalue weighted by Crippen LogP contribution is 2.37. The molecule has 0 radical (unpaired) electrons. The van der Waals surface area contributed by atoms with Crippen LogP contribution in [0.15, 0.2) is 22.7 Å². The Morgan fingerprint density at radius 2 is 1.93 bits per heavy atom. The minimum Gasteiger partial charge on any atom is -0.389 e. The molecule has 1 aromatic rings. The second kappa shape index (κ2) is 9.85. The molecule has 0 fully saturated rings. The maximum absolute atomic E-state index is 12.8. The Labute approximate surface area is 180 Å². The van der Waals surface area contributed by atoms with Gasteiger partial charge in [-0.1, -0.05) is 33.8 Å². The molecule has 0 saturated carbocycles.